The highest BCUT2D eigenvalue weighted by molar-refractivity contribution is 5.91. The van der Waals surface area contributed by atoms with Crippen LogP contribution >= 0.6 is 0 Å². The quantitative estimate of drug-likeness (QED) is 0.250. The number of aliphatic hydroxyl groups is 1. The van der Waals surface area contributed by atoms with E-state index in [1.54, 1.807) is 25.1 Å². The zero-order valence-corrected chi connectivity index (χ0v) is 24.1. The normalized spacial score (nSPS) is 13.8. The van der Waals surface area contributed by atoms with Gasteiger partial charge in [-0.2, -0.15) is 0 Å². The predicted octanol–water partition coefficient (Wildman–Crippen LogP) is 6.85. The highest BCUT2D eigenvalue weighted by Crippen LogP contribution is 2.34. The molecule has 5 nitrogen and oxygen atoms in total. The van der Waals surface area contributed by atoms with E-state index in [0.29, 0.717) is 24.1 Å². The van der Waals surface area contributed by atoms with E-state index in [1.165, 1.54) is 0 Å². The minimum atomic E-state index is -0.937. The minimum Gasteiger partial charge on any atom is -0.478 e. The van der Waals surface area contributed by atoms with Crippen molar-refractivity contribution in [1.82, 2.24) is 5.32 Å². The van der Waals surface area contributed by atoms with Gasteiger partial charge < -0.3 is 20.3 Å². The molecule has 6 heteroatoms. The van der Waals surface area contributed by atoms with E-state index in [0.717, 1.165) is 27.8 Å². The Hall–Kier alpha value is -3.06. The fourth-order valence-electron chi connectivity index (χ4n) is 4.75. The van der Waals surface area contributed by atoms with Gasteiger partial charge in [-0.25, -0.2) is 9.18 Å². The van der Waals surface area contributed by atoms with Crippen LogP contribution in [0.2, 0.25) is 0 Å². The van der Waals surface area contributed by atoms with Crippen molar-refractivity contribution >= 4 is 5.97 Å². The SMILES string of the molecule is Cc1ccc(CC(C)(C)NCC(O)COC(C)c2ccccc2-c2ccc(C(=O)O)c(C(C)(C)C)c2)cc1F. The summed E-state index contributed by atoms with van der Waals surface area (Å²) in [7, 11) is 0. The minimum absolute atomic E-state index is 0.142. The summed E-state index contributed by atoms with van der Waals surface area (Å²) < 4.78 is 20.0. The Morgan fingerprint density at radius 2 is 1.72 bits per heavy atom. The zero-order chi connectivity index (χ0) is 29.0. The average Bonchev–Trinajstić information content (AvgIpc) is 2.87. The molecule has 0 spiro atoms. The molecule has 0 aliphatic carbocycles. The third-order valence-electron chi connectivity index (χ3n) is 7.00. The van der Waals surface area contributed by atoms with Gasteiger partial charge in [0.15, 0.2) is 0 Å². The molecule has 0 radical (unpaired) electrons. The van der Waals surface area contributed by atoms with Crippen LogP contribution in [0.5, 0.6) is 0 Å². The molecule has 0 fully saturated rings. The van der Waals surface area contributed by atoms with Gasteiger partial charge in [0, 0.05) is 12.1 Å². The number of carboxylic acid groups (broad SMARTS) is 1. The second kappa shape index (κ2) is 12.4. The molecule has 3 N–H and O–H groups in total. The molecule has 0 amide bonds. The Bertz CT molecular complexity index is 1300. The van der Waals surface area contributed by atoms with Crippen LogP contribution in [0.25, 0.3) is 11.1 Å². The lowest BCUT2D eigenvalue weighted by Gasteiger charge is -2.28. The maximum atomic E-state index is 13.9. The van der Waals surface area contributed by atoms with E-state index < -0.39 is 12.1 Å². The molecule has 3 rings (SSSR count). The fraction of sp³-hybridized carbons (Fsp3) is 0.424. The predicted molar refractivity (Wildman–Crippen MR) is 155 cm³/mol. The summed E-state index contributed by atoms with van der Waals surface area (Å²) in [4.78, 5) is 11.8. The Morgan fingerprint density at radius 1 is 1.03 bits per heavy atom. The molecule has 0 aromatic heterocycles. The second-order valence-corrected chi connectivity index (χ2v) is 12.1. The van der Waals surface area contributed by atoms with Crippen molar-refractivity contribution in [2.45, 2.75) is 78.0 Å². The largest absolute Gasteiger partial charge is 0.478 e. The van der Waals surface area contributed by atoms with Crippen LogP contribution < -0.4 is 5.32 Å². The third kappa shape index (κ3) is 8.21. The first kappa shape index (κ1) is 30.5. The van der Waals surface area contributed by atoms with Gasteiger partial charge in [-0.1, -0.05) is 63.2 Å². The molecule has 0 heterocycles. The highest BCUT2D eigenvalue weighted by Gasteiger charge is 2.24. The van der Waals surface area contributed by atoms with Crippen LogP contribution in [0.3, 0.4) is 0 Å². The summed E-state index contributed by atoms with van der Waals surface area (Å²) >= 11 is 0. The lowest BCUT2D eigenvalue weighted by atomic mass is 9.81. The standard InChI is InChI=1S/C33H42FNO4/c1-21-12-13-23(16-30(21)34)18-33(6,7)35-19-25(36)20-39-22(2)26-10-8-9-11-27(26)24-14-15-28(31(37)38)29(17-24)32(3,4)5/h8-17,22,25,35-36H,18-20H2,1-7H3,(H,37,38). The van der Waals surface area contributed by atoms with E-state index in [-0.39, 0.29) is 29.5 Å². The number of nitrogens with one attached hydrogen (secondary N) is 1. The van der Waals surface area contributed by atoms with E-state index in [4.69, 9.17) is 4.74 Å². The molecular weight excluding hydrogens is 493 g/mol. The zero-order valence-electron chi connectivity index (χ0n) is 24.1. The fourth-order valence-corrected chi connectivity index (χ4v) is 4.75. The summed E-state index contributed by atoms with van der Waals surface area (Å²) in [6.07, 6.45) is -0.397. The third-order valence-corrected chi connectivity index (χ3v) is 7.00. The summed E-state index contributed by atoms with van der Waals surface area (Å²) in [5.41, 5.74) is 4.78. The molecule has 0 bridgehead atoms. The van der Waals surface area contributed by atoms with Crippen molar-refractivity contribution in [3.8, 4) is 11.1 Å². The van der Waals surface area contributed by atoms with Crippen LogP contribution in [-0.2, 0) is 16.6 Å². The Labute approximate surface area is 232 Å². The van der Waals surface area contributed by atoms with Crippen molar-refractivity contribution in [3.63, 3.8) is 0 Å². The molecule has 3 aromatic rings. The number of hydrogen-bond acceptors (Lipinski definition) is 4. The average molecular weight is 536 g/mol. The Morgan fingerprint density at radius 3 is 2.36 bits per heavy atom. The number of aliphatic hydroxyl groups excluding tert-OH is 1. The summed E-state index contributed by atoms with van der Waals surface area (Å²) in [5.74, 6) is -1.15. The molecular formula is C33H42FNO4. The van der Waals surface area contributed by atoms with Crippen molar-refractivity contribution in [1.29, 1.82) is 0 Å². The van der Waals surface area contributed by atoms with Gasteiger partial charge in [0.2, 0.25) is 0 Å². The van der Waals surface area contributed by atoms with Crippen molar-refractivity contribution in [3.05, 3.63) is 94.3 Å². The molecule has 0 saturated carbocycles. The first-order valence-electron chi connectivity index (χ1n) is 13.4. The molecule has 0 aliphatic heterocycles. The van der Waals surface area contributed by atoms with Crippen molar-refractivity contribution in [2.75, 3.05) is 13.2 Å². The second-order valence-electron chi connectivity index (χ2n) is 12.1. The number of benzene rings is 3. The van der Waals surface area contributed by atoms with Gasteiger partial charge in [0.1, 0.15) is 5.82 Å². The number of carbonyl (C=O) groups is 1. The number of hydrogen-bond donors (Lipinski definition) is 3. The summed E-state index contributed by atoms with van der Waals surface area (Å²) in [5, 5.41) is 23.7. The van der Waals surface area contributed by atoms with Crippen LogP contribution in [0.4, 0.5) is 4.39 Å². The van der Waals surface area contributed by atoms with Crippen molar-refractivity contribution < 1.29 is 24.1 Å². The number of halogens is 1. The number of aromatic carboxylic acids is 1. The van der Waals surface area contributed by atoms with Gasteiger partial charge in [0.05, 0.1) is 24.4 Å². The number of ether oxygens (including phenoxy) is 1. The highest BCUT2D eigenvalue weighted by atomic mass is 19.1. The maximum Gasteiger partial charge on any atom is 0.335 e. The number of β-amino-alcohol motifs (C(OH)–C–C–N with tert-alkyl or cyclic N) is 1. The van der Waals surface area contributed by atoms with E-state index in [9.17, 15) is 19.4 Å². The number of carboxylic acids is 1. The summed E-state index contributed by atoms with van der Waals surface area (Å²) in [6.45, 7) is 14.2. The van der Waals surface area contributed by atoms with Gasteiger partial charge in [-0.15, -0.1) is 0 Å². The molecule has 3 aromatic carbocycles. The summed E-state index contributed by atoms with van der Waals surface area (Å²) in [6, 6.07) is 18.6. The van der Waals surface area contributed by atoms with Gasteiger partial charge in [0.25, 0.3) is 0 Å². The molecule has 0 saturated heterocycles. The molecule has 210 valence electrons. The Balaban J connectivity index is 1.66. The van der Waals surface area contributed by atoms with Crippen LogP contribution in [0.15, 0.2) is 60.7 Å². The van der Waals surface area contributed by atoms with E-state index in [2.05, 4.69) is 5.32 Å². The molecule has 0 aliphatic rings. The molecule has 39 heavy (non-hydrogen) atoms. The van der Waals surface area contributed by atoms with Crippen LogP contribution in [0, 0.1) is 12.7 Å². The lowest BCUT2D eigenvalue weighted by Crippen LogP contribution is -2.46. The van der Waals surface area contributed by atoms with Crippen molar-refractivity contribution in [2.24, 2.45) is 0 Å². The maximum absolute atomic E-state index is 13.9. The van der Waals surface area contributed by atoms with Gasteiger partial charge in [-0.05, 0) is 91.1 Å². The smallest absolute Gasteiger partial charge is 0.335 e. The molecule has 2 atom stereocenters. The number of rotatable bonds is 11. The van der Waals surface area contributed by atoms with E-state index >= 15 is 0 Å². The van der Waals surface area contributed by atoms with E-state index in [1.807, 2.05) is 84.0 Å². The monoisotopic (exact) mass is 535 g/mol. The first-order chi connectivity index (χ1) is 18.2. The number of aryl methyl sites for hydroxylation is 1. The first-order valence-corrected chi connectivity index (χ1v) is 13.4. The van der Waals surface area contributed by atoms with Crippen LogP contribution in [0.1, 0.15) is 80.3 Å². The molecule has 2 unspecified atom stereocenters. The lowest BCUT2D eigenvalue weighted by molar-refractivity contribution is -0.00397. The van der Waals surface area contributed by atoms with Gasteiger partial charge in [-0.3, -0.25) is 0 Å². The van der Waals surface area contributed by atoms with Gasteiger partial charge >= 0.3 is 5.97 Å². The topological polar surface area (TPSA) is 78.8 Å². The van der Waals surface area contributed by atoms with Crippen LogP contribution in [-0.4, -0.2) is 41.0 Å². The Kier molecular flexibility index (Phi) is 9.70.